The molecule has 0 radical (unpaired) electrons. The van der Waals surface area contributed by atoms with E-state index in [2.05, 4.69) is 42.3 Å². The Morgan fingerprint density at radius 3 is 1.12 bits per heavy atom. The SMILES string of the molecule is C[N+](C)(C)Cc1cc(CCCN2C(=O)c3ccc4c5c(ccc(c35)C2=O)C(=O)N(CCCc2ccc(O)c(C[N+](C)(C)C)c2)C4=O)ccc1O. The summed E-state index contributed by atoms with van der Waals surface area (Å²) >= 11 is 0. The third-order valence-electron chi connectivity index (χ3n) is 9.33. The Hall–Kier alpha value is -5.06. The molecule has 0 fully saturated rings. The van der Waals surface area contributed by atoms with Gasteiger partial charge in [0.25, 0.3) is 23.6 Å². The van der Waals surface area contributed by atoms with E-state index in [0.29, 0.717) is 80.8 Å². The van der Waals surface area contributed by atoms with Crippen LogP contribution in [0.2, 0.25) is 0 Å². The second-order valence-electron chi connectivity index (χ2n) is 15.6. The van der Waals surface area contributed by atoms with Gasteiger partial charge in [-0.3, -0.25) is 29.0 Å². The third-order valence-corrected chi connectivity index (χ3v) is 9.33. The highest BCUT2D eigenvalue weighted by Gasteiger charge is 2.39. The topological polar surface area (TPSA) is 115 Å². The Kier molecular flexibility index (Phi) is 9.05. The average molecular weight is 679 g/mol. The summed E-state index contributed by atoms with van der Waals surface area (Å²) in [4.78, 5) is 57.5. The van der Waals surface area contributed by atoms with Gasteiger partial charge in [0.15, 0.2) is 0 Å². The van der Waals surface area contributed by atoms with Crippen LogP contribution in [0.4, 0.5) is 0 Å². The van der Waals surface area contributed by atoms with Gasteiger partial charge in [-0.25, -0.2) is 0 Å². The molecule has 0 atom stereocenters. The fourth-order valence-electron chi connectivity index (χ4n) is 7.13. The van der Waals surface area contributed by atoms with Gasteiger partial charge in [-0.15, -0.1) is 0 Å². The molecule has 0 spiro atoms. The van der Waals surface area contributed by atoms with Crippen molar-refractivity contribution >= 4 is 34.4 Å². The van der Waals surface area contributed by atoms with Crippen molar-refractivity contribution in [2.75, 3.05) is 55.4 Å². The highest BCUT2D eigenvalue weighted by Crippen LogP contribution is 2.38. The van der Waals surface area contributed by atoms with Crippen molar-refractivity contribution in [1.82, 2.24) is 9.80 Å². The number of nitrogens with zero attached hydrogens (tertiary/aromatic N) is 4. The molecule has 6 rings (SSSR count). The van der Waals surface area contributed by atoms with Crippen molar-refractivity contribution in [2.45, 2.75) is 38.8 Å². The van der Waals surface area contributed by atoms with Crippen LogP contribution in [0.3, 0.4) is 0 Å². The summed E-state index contributed by atoms with van der Waals surface area (Å²) < 4.78 is 1.33. The summed E-state index contributed by atoms with van der Waals surface area (Å²) in [5, 5.41) is 21.4. The number of phenolic OH excluding ortho intramolecular Hbond substituents is 2. The molecular weight excluding hydrogens is 632 g/mol. The van der Waals surface area contributed by atoms with E-state index in [1.54, 1.807) is 36.4 Å². The van der Waals surface area contributed by atoms with Crippen molar-refractivity contribution in [1.29, 1.82) is 0 Å². The lowest BCUT2D eigenvalue weighted by atomic mass is 9.85. The number of carbonyl (C=O) groups is 4. The fraction of sp³-hybridized carbons (Fsp3) is 0.350. The third kappa shape index (κ3) is 6.86. The van der Waals surface area contributed by atoms with Crippen molar-refractivity contribution in [3.63, 3.8) is 0 Å². The zero-order chi connectivity index (χ0) is 36.1. The first-order valence-corrected chi connectivity index (χ1v) is 17.1. The van der Waals surface area contributed by atoms with Crippen LogP contribution in [0.5, 0.6) is 11.5 Å². The molecule has 10 nitrogen and oxygen atoms in total. The van der Waals surface area contributed by atoms with Crippen molar-refractivity contribution < 1.29 is 38.4 Å². The van der Waals surface area contributed by atoms with Gasteiger partial charge in [0, 0.05) is 57.2 Å². The zero-order valence-electron chi connectivity index (χ0n) is 29.7. The molecule has 10 heteroatoms. The summed E-state index contributed by atoms with van der Waals surface area (Å²) in [5.74, 6) is -1.27. The molecule has 4 amide bonds. The predicted molar refractivity (Wildman–Crippen MR) is 191 cm³/mol. The minimum atomic E-state index is -0.441. The van der Waals surface area contributed by atoms with Crippen LogP contribution >= 0.6 is 0 Å². The predicted octanol–water partition coefficient (Wildman–Crippen LogP) is 5.12. The Labute approximate surface area is 292 Å². The van der Waals surface area contributed by atoms with Crippen LogP contribution in [-0.2, 0) is 25.9 Å². The van der Waals surface area contributed by atoms with E-state index in [-0.39, 0.29) is 24.6 Å². The maximum Gasteiger partial charge on any atom is 0.261 e. The molecule has 2 heterocycles. The van der Waals surface area contributed by atoms with Crippen LogP contribution in [0, 0.1) is 0 Å². The highest BCUT2D eigenvalue weighted by atomic mass is 16.3. The standard InChI is InChI=1S/C40H44N4O6/c1-43(2,3)23-27-21-25(11-17-33(27)45)9-7-19-41-37(47)29-13-15-31-36-32(16-14-30(35(29)36)38(41)48)40(50)42(39(31)49)20-8-10-26-12-18-34(46)28(22-26)24-44(4,5)6/h11-18,21-22H,7-10,19-20,23-24H2,1-6H3/p+2. The number of rotatable bonds is 12. The van der Waals surface area contributed by atoms with Gasteiger partial charge in [0.05, 0.1) is 42.3 Å². The number of aromatic hydroxyl groups is 2. The van der Waals surface area contributed by atoms with Crippen molar-refractivity contribution in [3.05, 3.63) is 105 Å². The molecule has 50 heavy (non-hydrogen) atoms. The molecule has 260 valence electrons. The van der Waals surface area contributed by atoms with Crippen molar-refractivity contribution in [3.8, 4) is 11.5 Å². The van der Waals surface area contributed by atoms with E-state index in [9.17, 15) is 29.4 Å². The molecule has 0 unspecified atom stereocenters. The van der Waals surface area contributed by atoms with Gasteiger partial charge in [0.2, 0.25) is 0 Å². The van der Waals surface area contributed by atoms with Crippen LogP contribution in [0.15, 0.2) is 60.7 Å². The molecule has 0 aliphatic carbocycles. The van der Waals surface area contributed by atoms with E-state index >= 15 is 0 Å². The second kappa shape index (κ2) is 13.0. The average Bonchev–Trinajstić information content (AvgIpc) is 3.03. The summed E-state index contributed by atoms with van der Waals surface area (Å²) in [7, 11) is 12.3. The lowest BCUT2D eigenvalue weighted by Gasteiger charge is -2.32. The Balaban J connectivity index is 1.17. The smallest absolute Gasteiger partial charge is 0.261 e. The van der Waals surface area contributed by atoms with Gasteiger partial charge >= 0.3 is 0 Å². The minimum absolute atomic E-state index is 0.205. The first kappa shape index (κ1) is 34.8. The quantitative estimate of drug-likeness (QED) is 0.159. The van der Waals surface area contributed by atoms with Crippen LogP contribution in [0.25, 0.3) is 10.8 Å². The van der Waals surface area contributed by atoms with E-state index in [4.69, 9.17) is 0 Å². The van der Waals surface area contributed by atoms with E-state index in [0.717, 1.165) is 22.3 Å². The number of hydrogen-bond acceptors (Lipinski definition) is 6. The molecule has 2 N–H and O–H groups in total. The van der Waals surface area contributed by atoms with Crippen LogP contribution in [-0.4, -0.2) is 108 Å². The summed E-state index contributed by atoms with van der Waals surface area (Å²) in [5.41, 5.74) is 4.94. The van der Waals surface area contributed by atoms with Gasteiger partial charge in [-0.05, 0) is 85.3 Å². The maximum absolute atomic E-state index is 13.7. The fourth-order valence-corrected chi connectivity index (χ4v) is 7.13. The number of quaternary nitrogens is 2. The number of benzene rings is 4. The highest BCUT2D eigenvalue weighted by molar-refractivity contribution is 6.33. The zero-order valence-corrected chi connectivity index (χ0v) is 29.7. The molecular formula is C40H46N4O6+2. The Bertz CT molecular complexity index is 1840. The van der Waals surface area contributed by atoms with Crippen LogP contribution in [0.1, 0.15) is 76.5 Å². The van der Waals surface area contributed by atoms with Crippen molar-refractivity contribution in [2.24, 2.45) is 0 Å². The van der Waals surface area contributed by atoms with Gasteiger partial charge < -0.3 is 19.2 Å². The molecule has 2 aliphatic heterocycles. The first-order valence-electron chi connectivity index (χ1n) is 17.1. The van der Waals surface area contributed by atoms with E-state index in [1.165, 1.54) is 9.80 Å². The first-order chi connectivity index (χ1) is 23.5. The molecule has 4 aromatic rings. The molecule has 0 saturated carbocycles. The number of aryl methyl sites for hydroxylation is 2. The molecule has 0 saturated heterocycles. The molecule has 0 bridgehead atoms. The number of amides is 4. The second-order valence-corrected chi connectivity index (χ2v) is 15.6. The van der Waals surface area contributed by atoms with Gasteiger partial charge in [-0.1, -0.05) is 12.1 Å². The van der Waals surface area contributed by atoms with E-state index < -0.39 is 23.6 Å². The number of hydrogen-bond donors (Lipinski definition) is 2. The van der Waals surface area contributed by atoms with Gasteiger partial charge in [-0.2, -0.15) is 0 Å². The largest absolute Gasteiger partial charge is 0.507 e. The van der Waals surface area contributed by atoms with Gasteiger partial charge in [0.1, 0.15) is 24.6 Å². The summed E-state index contributed by atoms with van der Waals surface area (Å²) in [6.45, 7) is 1.73. The van der Waals surface area contributed by atoms with E-state index in [1.807, 2.05) is 24.3 Å². The Morgan fingerprint density at radius 2 is 0.820 bits per heavy atom. The monoisotopic (exact) mass is 678 g/mol. The lowest BCUT2D eigenvalue weighted by Crippen LogP contribution is -2.43. The maximum atomic E-state index is 13.7. The molecule has 4 aromatic carbocycles. The van der Waals surface area contributed by atoms with Crippen LogP contribution < -0.4 is 0 Å². The lowest BCUT2D eigenvalue weighted by molar-refractivity contribution is -0.884. The number of phenols is 2. The number of carbonyl (C=O) groups excluding carboxylic acids is 4. The number of imide groups is 2. The Morgan fingerprint density at radius 1 is 0.500 bits per heavy atom. The summed E-state index contributed by atoms with van der Waals surface area (Å²) in [6.07, 6.45) is 2.30. The minimum Gasteiger partial charge on any atom is -0.507 e. The molecule has 0 aromatic heterocycles. The molecule has 2 aliphatic rings. The summed E-state index contributed by atoms with van der Waals surface area (Å²) in [6, 6.07) is 17.5. The normalized spacial score (nSPS) is 14.7.